The Balaban J connectivity index is 1.64. The zero-order valence-corrected chi connectivity index (χ0v) is 18.9. The largest absolute Gasteiger partial charge is 0.480 e. The van der Waals surface area contributed by atoms with Crippen LogP contribution in [-0.2, 0) is 16.0 Å². The number of aromatic nitrogens is 1. The van der Waals surface area contributed by atoms with E-state index in [1.165, 1.54) is 0 Å². The summed E-state index contributed by atoms with van der Waals surface area (Å²) in [4.78, 5) is 17.8. The van der Waals surface area contributed by atoms with E-state index in [-0.39, 0.29) is 6.42 Å². The molecular weight excluding hydrogens is 432 g/mol. The molecule has 1 aromatic heterocycles. The summed E-state index contributed by atoms with van der Waals surface area (Å²) in [7, 11) is 0. The molecule has 3 N–H and O–H groups in total. The van der Waals surface area contributed by atoms with Crippen LogP contribution in [0.4, 0.5) is 5.82 Å². The smallest absolute Gasteiger partial charge is 0.320 e. The molecule has 2 aromatic carbocycles. The van der Waals surface area contributed by atoms with E-state index in [1.807, 2.05) is 49.4 Å². The normalized spacial score (nSPS) is 14.3. The molecule has 0 aliphatic carbocycles. The van der Waals surface area contributed by atoms with E-state index >= 15 is 0 Å². The molecular formula is C26H26N4O4. The molecule has 0 bridgehead atoms. The Morgan fingerprint density at radius 2 is 1.94 bits per heavy atom. The van der Waals surface area contributed by atoms with Gasteiger partial charge in [-0.3, -0.25) is 4.79 Å². The Morgan fingerprint density at radius 1 is 1.21 bits per heavy atom. The fourth-order valence-electron chi connectivity index (χ4n) is 3.84. The van der Waals surface area contributed by atoms with Gasteiger partial charge < -0.3 is 25.2 Å². The predicted molar refractivity (Wildman–Crippen MR) is 128 cm³/mol. The quantitative estimate of drug-likeness (QED) is 0.552. The van der Waals surface area contributed by atoms with Gasteiger partial charge in [-0.15, -0.1) is 0 Å². The topological polar surface area (TPSA) is 122 Å². The molecule has 0 radical (unpaired) electrons. The van der Waals surface area contributed by atoms with Crippen molar-refractivity contribution in [2.24, 2.45) is 5.73 Å². The summed E-state index contributed by atoms with van der Waals surface area (Å²) in [6.07, 6.45) is 0.243. The third kappa shape index (κ3) is 5.52. The molecule has 34 heavy (non-hydrogen) atoms. The molecule has 0 spiro atoms. The first-order valence-electron chi connectivity index (χ1n) is 11.0. The monoisotopic (exact) mass is 458 g/mol. The first kappa shape index (κ1) is 23.2. The number of nitrogens with zero attached hydrogens (tertiary/aromatic N) is 3. The van der Waals surface area contributed by atoms with Gasteiger partial charge in [-0.25, -0.2) is 4.98 Å². The van der Waals surface area contributed by atoms with Crippen LogP contribution < -0.4 is 15.4 Å². The van der Waals surface area contributed by atoms with Crippen molar-refractivity contribution in [1.29, 1.82) is 5.26 Å². The number of nitriles is 1. The third-order valence-corrected chi connectivity index (χ3v) is 5.62. The van der Waals surface area contributed by atoms with Crippen LogP contribution in [0.5, 0.6) is 11.5 Å². The Bertz CT molecular complexity index is 1210. The van der Waals surface area contributed by atoms with Gasteiger partial charge in [-0.05, 0) is 42.7 Å². The summed E-state index contributed by atoms with van der Waals surface area (Å²) >= 11 is 0. The van der Waals surface area contributed by atoms with Crippen molar-refractivity contribution in [3.8, 4) is 28.7 Å². The van der Waals surface area contributed by atoms with E-state index in [1.54, 1.807) is 12.1 Å². The number of carboxylic acids is 1. The van der Waals surface area contributed by atoms with Crippen LogP contribution in [0.25, 0.3) is 11.1 Å². The average Bonchev–Trinajstić information content (AvgIpc) is 2.84. The Labute approximate surface area is 198 Å². The molecule has 1 fully saturated rings. The maximum atomic E-state index is 11.0. The number of aryl methyl sites for hydroxylation is 1. The molecule has 8 nitrogen and oxygen atoms in total. The van der Waals surface area contributed by atoms with E-state index in [4.69, 9.17) is 20.3 Å². The van der Waals surface area contributed by atoms with Gasteiger partial charge in [0.25, 0.3) is 0 Å². The highest BCUT2D eigenvalue weighted by Crippen LogP contribution is 2.35. The second-order valence-electron chi connectivity index (χ2n) is 8.17. The van der Waals surface area contributed by atoms with Gasteiger partial charge in [0.05, 0.1) is 24.8 Å². The van der Waals surface area contributed by atoms with Crippen molar-refractivity contribution in [3.63, 3.8) is 0 Å². The summed E-state index contributed by atoms with van der Waals surface area (Å²) < 4.78 is 11.7. The lowest BCUT2D eigenvalue weighted by molar-refractivity contribution is -0.138. The number of pyridine rings is 1. The summed E-state index contributed by atoms with van der Waals surface area (Å²) in [6.45, 7) is 4.77. The molecule has 1 aliphatic rings. The standard InChI is InChI=1S/C26H26N4O4/c1-17-12-21(15-25(29-17)30-8-10-33-11-9-30)34-24-14-19(16-27)4-7-22(24)20-5-2-18(3-6-20)13-23(28)26(31)32/h2-7,12,14-15,23H,8-11,13,28H2,1H3,(H,31,32)/t23-/m0/s1. The van der Waals surface area contributed by atoms with Crippen molar-refractivity contribution in [3.05, 3.63) is 71.4 Å². The number of aliphatic carboxylic acids is 1. The highest BCUT2D eigenvalue weighted by atomic mass is 16.5. The first-order chi connectivity index (χ1) is 16.4. The number of anilines is 1. The molecule has 3 aromatic rings. The first-order valence-corrected chi connectivity index (χ1v) is 11.0. The van der Waals surface area contributed by atoms with Crippen molar-refractivity contribution in [2.45, 2.75) is 19.4 Å². The molecule has 0 unspecified atom stereocenters. The van der Waals surface area contributed by atoms with E-state index < -0.39 is 12.0 Å². The van der Waals surface area contributed by atoms with E-state index in [9.17, 15) is 10.1 Å². The fraction of sp³-hybridized carbons (Fsp3) is 0.269. The van der Waals surface area contributed by atoms with Crippen molar-refractivity contribution in [2.75, 3.05) is 31.2 Å². The summed E-state index contributed by atoms with van der Waals surface area (Å²) in [6, 6.07) is 17.8. The van der Waals surface area contributed by atoms with Gasteiger partial charge in [0.2, 0.25) is 0 Å². The number of nitrogens with two attached hydrogens (primary N) is 1. The zero-order valence-electron chi connectivity index (χ0n) is 18.9. The SMILES string of the molecule is Cc1cc(Oc2cc(C#N)ccc2-c2ccc(C[C@H](N)C(=O)O)cc2)cc(N2CCOCC2)n1. The number of rotatable bonds is 7. The lowest BCUT2D eigenvalue weighted by atomic mass is 9.99. The number of carbonyl (C=O) groups is 1. The minimum Gasteiger partial charge on any atom is -0.480 e. The lowest BCUT2D eigenvalue weighted by Gasteiger charge is -2.28. The number of carboxylic acid groups (broad SMARTS) is 1. The van der Waals surface area contributed by atoms with Crippen LogP contribution >= 0.6 is 0 Å². The van der Waals surface area contributed by atoms with Gasteiger partial charge in [0.1, 0.15) is 23.4 Å². The fourth-order valence-corrected chi connectivity index (χ4v) is 3.84. The number of benzene rings is 2. The van der Waals surface area contributed by atoms with E-state index in [0.717, 1.165) is 41.3 Å². The van der Waals surface area contributed by atoms with Gasteiger partial charge in [0.15, 0.2) is 0 Å². The maximum absolute atomic E-state index is 11.0. The van der Waals surface area contributed by atoms with Crippen molar-refractivity contribution >= 4 is 11.8 Å². The minimum absolute atomic E-state index is 0.243. The van der Waals surface area contributed by atoms with Gasteiger partial charge >= 0.3 is 5.97 Å². The van der Waals surface area contributed by atoms with Crippen LogP contribution in [-0.4, -0.2) is 48.4 Å². The second kappa shape index (κ2) is 10.3. The molecule has 8 heteroatoms. The third-order valence-electron chi connectivity index (χ3n) is 5.62. The summed E-state index contributed by atoms with van der Waals surface area (Å²) in [5.74, 6) is 0.980. The molecule has 1 saturated heterocycles. The molecule has 0 saturated carbocycles. The highest BCUT2D eigenvalue weighted by Gasteiger charge is 2.16. The lowest BCUT2D eigenvalue weighted by Crippen LogP contribution is -2.36. The van der Waals surface area contributed by atoms with Crippen LogP contribution in [0.1, 0.15) is 16.8 Å². The molecule has 4 rings (SSSR count). The number of ether oxygens (including phenoxy) is 2. The van der Waals surface area contributed by atoms with Gasteiger partial charge in [-0.2, -0.15) is 5.26 Å². The highest BCUT2D eigenvalue weighted by molar-refractivity contribution is 5.74. The van der Waals surface area contributed by atoms with Gasteiger partial charge in [0, 0.05) is 36.5 Å². The molecule has 1 atom stereocenters. The van der Waals surface area contributed by atoms with E-state index in [0.29, 0.717) is 30.3 Å². The predicted octanol–water partition coefficient (Wildman–Crippen LogP) is 3.51. The summed E-state index contributed by atoms with van der Waals surface area (Å²) in [5.41, 5.74) is 9.49. The van der Waals surface area contributed by atoms with Crippen LogP contribution in [0, 0.1) is 18.3 Å². The molecule has 1 aliphatic heterocycles. The number of hydrogen-bond acceptors (Lipinski definition) is 7. The second-order valence-corrected chi connectivity index (χ2v) is 8.17. The van der Waals surface area contributed by atoms with Crippen LogP contribution in [0.15, 0.2) is 54.6 Å². The Kier molecular flexibility index (Phi) is 7.07. The molecule has 0 amide bonds. The van der Waals surface area contributed by atoms with Crippen molar-refractivity contribution in [1.82, 2.24) is 4.98 Å². The van der Waals surface area contributed by atoms with Gasteiger partial charge in [-0.1, -0.05) is 24.3 Å². The van der Waals surface area contributed by atoms with Crippen LogP contribution in [0.3, 0.4) is 0 Å². The zero-order chi connectivity index (χ0) is 24.1. The average molecular weight is 459 g/mol. The number of hydrogen-bond donors (Lipinski definition) is 2. The Morgan fingerprint density at radius 3 is 2.62 bits per heavy atom. The van der Waals surface area contributed by atoms with E-state index in [2.05, 4.69) is 16.0 Å². The van der Waals surface area contributed by atoms with Crippen LogP contribution in [0.2, 0.25) is 0 Å². The maximum Gasteiger partial charge on any atom is 0.320 e. The Hall–Kier alpha value is -3.93. The summed E-state index contributed by atoms with van der Waals surface area (Å²) in [5, 5.41) is 18.5. The van der Waals surface area contributed by atoms with Crippen molar-refractivity contribution < 1.29 is 19.4 Å². The minimum atomic E-state index is -1.03. The molecule has 174 valence electrons. The molecule has 2 heterocycles. The number of morpholine rings is 1.